The lowest BCUT2D eigenvalue weighted by Crippen LogP contribution is -2.06. The van der Waals surface area contributed by atoms with E-state index in [-0.39, 0.29) is 17.6 Å². The molecule has 1 aromatic heterocycles. The fraction of sp³-hybridized carbons (Fsp3) is 0.308. The molecular formula is C13H16FN3O. The Balaban J connectivity index is 2.13. The third kappa shape index (κ3) is 2.61. The molecule has 1 heterocycles. The molecule has 0 saturated heterocycles. The molecule has 18 heavy (non-hydrogen) atoms. The van der Waals surface area contributed by atoms with E-state index in [1.54, 1.807) is 16.9 Å². The molecule has 4 nitrogen and oxygen atoms in total. The standard InChI is InChI=1S/C13H16FN3O/c1-9(16-11-7-15-17(2)8-11)10-4-5-13(18-3)12(14)6-10/h4-9,16H,1-3H3. The number of anilines is 1. The second kappa shape index (κ2) is 5.08. The number of aryl methyl sites for hydroxylation is 1. The third-order valence-corrected chi connectivity index (χ3v) is 2.76. The summed E-state index contributed by atoms with van der Waals surface area (Å²) in [5, 5.41) is 7.32. The molecule has 5 heteroatoms. The van der Waals surface area contributed by atoms with Crippen LogP contribution in [0.3, 0.4) is 0 Å². The van der Waals surface area contributed by atoms with Gasteiger partial charge in [-0.2, -0.15) is 5.10 Å². The van der Waals surface area contributed by atoms with Gasteiger partial charge in [-0.05, 0) is 24.6 Å². The number of aromatic nitrogens is 2. The fourth-order valence-corrected chi connectivity index (χ4v) is 1.78. The van der Waals surface area contributed by atoms with Gasteiger partial charge in [0.25, 0.3) is 0 Å². The minimum Gasteiger partial charge on any atom is -0.494 e. The molecule has 0 fully saturated rings. The molecule has 0 amide bonds. The molecule has 1 unspecified atom stereocenters. The molecule has 2 aromatic rings. The Kier molecular flexibility index (Phi) is 3.50. The van der Waals surface area contributed by atoms with Gasteiger partial charge >= 0.3 is 0 Å². The second-order valence-corrected chi connectivity index (χ2v) is 4.16. The van der Waals surface area contributed by atoms with Crippen LogP contribution in [0.2, 0.25) is 0 Å². The zero-order chi connectivity index (χ0) is 13.1. The highest BCUT2D eigenvalue weighted by Gasteiger charge is 2.10. The van der Waals surface area contributed by atoms with Gasteiger partial charge in [0.15, 0.2) is 11.6 Å². The number of methoxy groups -OCH3 is 1. The minimum absolute atomic E-state index is 0.00499. The van der Waals surface area contributed by atoms with Crippen LogP contribution in [-0.4, -0.2) is 16.9 Å². The topological polar surface area (TPSA) is 39.1 Å². The van der Waals surface area contributed by atoms with Crippen molar-refractivity contribution in [1.82, 2.24) is 9.78 Å². The quantitative estimate of drug-likeness (QED) is 0.905. The van der Waals surface area contributed by atoms with E-state index in [4.69, 9.17) is 4.74 Å². The van der Waals surface area contributed by atoms with Crippen LogP contribution in [-0.2, 0) is 7.05 Å². The SMILES string of the molecule is COc1ccc(C(C)Nc2cnn(C)c2)cc1F. The Labute approximate surface area is 105 Å². The van der Waals surface area contributed by atoms with Crippen molar-refractivity contribution in [2.45, 2.75) is 13.0 Å². The van der Waals surface area contributed by atoms with E-state index < -0.39 is 0 Å². The maximum Gasteiger partial charge on any atom is 0.165 e. The van der Waals surface area contributed by atoms with Crippen LogP contribution in [0, 0.1) is 5.82 Å². The first-order valence-electron chi connectivity index (χ1n) is 5.69. The molecule has 0 radical (unpaired) electrons. The average Bonchev–Trinajstić information content (AvgIpc) is 2.74. The van der Waals surface area contributed by atoms with Gasteiger partial charge in [-0.25, -0.2) is 4.39 Å². The molecule has 0 aliphatic carbocycles. The first kappa shape index (κ1) is 12.4. The highest BCUT2D eigenvalue weighted by atomic mass is 19.1. The molecule has 0 bridgehead atoms. The van der Waals surface area contributed by atoms with E-state index in [1.807, 2.05) is 26.2 Å². The summed E-state index contributed by atoms with van der Waals surface area (Å²) in [5.41, 5.74) is 1.76. The fourth-order valence-electron chi connectivity index (χ4n) is 1.78. The van der Waals surface area contributed by atoms with Crippen molar-refractivity contribution >= 4 is 5.69 Å². The first-order chi connectivity index (χ1) is 8.60. The number of benzene rings is 1. The molecule has 1 atom stereocenters. The Morgan fingerprint density at radius 3 is 2.78 bits per heavy atom. The minimum atomic E-state index is -0.352. The van der Waals surface area contributed by atoms with Gasteiger partial charge in [0.05, 0.1) is 19.0 Å². The average molecular weight is 249 g/mol. The normalized spacial score (nSPS) is 12.2. The van der Waals surface area contributed by atoms with E-state index in [9.17, 15) is 4.39 Å². The summed E-state index contributed by atoms with van der Waals surface area (Å²) in [4.78, 5) is 0. The van der Waals surface area contributed by atoms with Crippen LogP contribution in [0.15, 0.2) is 30.6 Å². The Morgan fingerprint density at radius 1 is 1.44 bits per heavy atom. The van der Waals surface area contributed by atoms with E-state index in [0.29, 0.717) is 0 Å². The summed E-state index contributed by atoms with van der Waals surface area (Å²) in [6.07, 6.45) is 3.60. The number of ether oxygens (including phenoxy) is 1. The van der Waals surface area contributed by atoms with Crippen molar-refractivity contribution in [3.05, 3.63) is 42.0 Å². The van der Waals surface area contributed by atoms with Crippen molar-refractivity contribution in [2.24, 2.45) is 7.05 Å². The number of rotatable bonds is 4. The lowest BCUT2D eigenvalue weighted by Gasteiger charge is -2.14. The van der Waals surface area contributed by atoms with E-state index in [0.717, 1.165) is 11.3 Å². The van der Waals surface area contributed by atoms with Gasteiger partial charge in [-0.1, -0.05) is 6.07 Å². The van der Waals surface area contributed by atoms with Crippen molar-refractivity contribution < 1.29 is 9.13 Å². The molecular weight excluding hydrogens is 233 g/mol. The van der Waals surface area contributed by atoms with Crippen molar-refractivity contribution in [3.63, 3.8) is 0 Å². The molecule has 2 rings (SSSR count). The van der Waals surface area contributed by atoms with Gasteiger partial charge in [0.1, 0.15) is 0 Å². The lowest BCUT2D eigenvalue weighted by atomic mass is 10.1. The molecule has 0 spiro atoms. The lowest BCUT2D eigenvalue weighted by molar-refractivity contribution is 0.386. The number of halogens is 1. The van der Waals surface area contributed by atoms with Crippen LogP contribution in [0.4, 0.5) is 10.1 Å². The van der Waals surface area contributed by atoms with Gasteiger partial charge in [0, 0.05) is 19.3 Å². The van der Waals surface area contributed by atoms with Crippen LogP contribution in [0.1, 0.15) is 18.5 Å². The molecule has 0 aliphatic rings. The van der Waals surface area contributed by atoms with Crippen molar-refractivity contribution in [1.29, 1.82) is 0 Å². The predicted molar refractivity (Wildman–Crippen MR) is 68.2 cm³/mol. The Hall–Kier alpha value is -2.04. The molecule has 0 aliphatic heterocycles. The van der Waals surface area contributed by atoms with E-state index >= 15 is 0 Å². The maximum atomic E-state index is 13.6. The van der Waals surface area contributed by atoms with E-state index in [1.165, 1.54) is 13.2 Å². The number of nitrogens with zero attached hydrogens (tertiary/aromatic N) is 2. The Morgan fingerprint density at radius 2 is 2.22 bits per heavy atom. The van der Waals surface area contributed by atoms with Gasteiger partial charge in [-0.3, -0.25) is 4.68 Å². The predicted octanol–water partition coefficient (Wildman–Crippen LogP) is 2.74. The zero-order valence-corrected chi connectivity index (χ0v) is 10.6. The second-order valence-electron chi connectivity index (χ2n) is 4.16. The van der Waals surface area contributed by atoms with Crippen LogP contribution in [0.25, 0.3) is 0 Å². The number of hydrogen-bond acceptors (Lipinski definition) is 3. The number of hydrogen-bond donors (Lipinski definition) is 1. The first-order valence-corrected chi connectivity index (χ1v) is 5.69. The summed E-state index contributed by atoms with van der Waals surface area (Å²) in [6, 6.07) is 4.95. The summed E-state index contributed by atoms with van der Waals surface area (Å²) in [5.74, 6) is -0.0952. The van der Waals surface area contributed by atoms with Gasteiger partial charge < -0.3 is 10.1 Å². The summed E-state index contributed by atoms with van der Waals surface area (Å²) >= 11 is 0. The highest BCUT2D eigenvalue weighted by Crippen LogP contribution is 2.24. The smallest absolute Gasteiger partial charge is 0.165 e. The van der Waals surface area contributed by atoms with Crippen LogP contribution >= 0.6 is 0 Å². The van der Waals surface area contributed by atoms with Crippen LogP contribution in [0.5, 0.6) is 5.75 Å². The summed E-state index contributed by atoms with van der Waals surface area (Å²) in [7, 11) is 3.30. The zero-order valence-electron chi connectivity index (χ0n) is 10.6. The van der Waals surface area contributed by atoms with Gasteiger partial charge in [0.2, 0.25) is 0 Å². The Bertz CT molecular complexity index is 539. The largest absolute Gasteiger partial charge is 0.494 e. The molecule has 0 saturated carbocycles. The third-order valence-electron chi connectivity index (χ3n) is 2.76. The number of nitrogens with one attached hydrogen (secondary N) is 1. The molecule has 1 N–H and O–H groups in total. The summed E-state index contributed by atoms with van der Waals surface area (Å²) < 4.78 is 20.2. The van der Waals surface area contributed by atoms with Gasteiger partial charge in [-0.15, -0.1) is 0 Å². The maximum absolute atomic E-state index is 13.6. The summed E-state index contributed by atoms with van der Waals surface area (Å²) in [6.45, 7) is 1.97. The highest BCUT2D eigenvalue weighted by molar-refractivity contribution is 5.42. The molecule has 1 aromatic carbocycles. The van der Waals surface area contributed by atoms with Crippen molar-refractivity contribution in [3.8, 4) is 5.75 Å². The van der Waals surface area contributed by atoms with Crippen LogP contribution < -0.4 is 10.1 Å². The monoisotopic (exact) mass is 249 g/mol. The van der Waals surface area contributed by atoms with Crippen molar-refractivity contribution in [2.75, 3.05) is 12.4 Å². The molecule has 96 valence electrons. The van der Waals surface area contributed by atoms with E-state index in [2.05, 4.69) is 10.4 Å².